The summed E-state index contributed by atoms with van der Waals surface area (Å²) in [7, 11) is 0. The molecule has 0 aromatic carbocycles. The molecule has 1 saturated carbocycles. The van der Waals surface area contributed by atoms with Crippen LogP contribution in [0, 0.1) is 5.92 Å². The molecule has 1 saturated heterocycles. The molecule has 0 spiro atoms. The molecule has 17 heavy (non-hydrogen) atoms. The molecule has 0 amide bonds. The summed E-state index contributed by atoms with van der Waals surface area (Å²) in [6.07, 6.45) is 6.36. The highest BCUT2D eigenvalue weighted by molar-refractivity contribution is 5.14. The number of hydrogen-bond donors (Lipinski definition) is 2. The summed E-state index contributed by atoms with van der Waals surface area (Å²) < 4.78 is 2.02. The standard InChI is InChI=1S/C13H21N3O/c17-9-11-7-13(12-3-1-2-6-14-12)15-16(11)8-10-4-5-10/h7,10,12,14,17H,1-6,8-9H2. The molecule has 0 radical (unpaired) electrons. The predicted octanol–water partition coefficient (Wildman–Crippen LogP) is 1.60. The summed E-state index contributed by atoms with van der Waals surface area (Å²) in [5.74, 6) is 0.798. The van der Waals surface area contributed by atoms with Crippen LogP contribution in [-0.4, -0.2) is 21.4 Å². The van der Waals surface area contributed by atoms with Crippen molar-refractivity contribution in [3.05, 3.63) is 17.5 Å². The van der Waals surface area contributed by atoms with Gasteiger partial charge in [0.25, 0.3) is 0 Å². The second-order valence-electron chi connectivity index (χ2n) is 5.35. The number of nitrogens with zero attached hydrogens (tertiary/aromatic N) is 2. The number of piperidine rings is 1. The van der Waals surface area contributed by atoms with Crippen molar-refractivity contribution in [2.45, 2.75) is 51.3 Å². The fourth-order valence-corrected chi connectivity index (χ4v) is 2.58. The van der Waals surface area contributed by atoms with Gasteiger partial charge in [0.05, 0.1) is 24.0 Å². The molecule has 4 heteroatoms. The Morgan fingerprint density at radius 2 is 2.24 bits per heavy atom. The fraction of sp³-hybridized carbons (Fsp3) is 0.769. The van der Waals surface area contributed by atoms with Crippen molar-refractivity contribution in [2.75, 3.05) is 6.54 Å². The summed E-state index contributed by atoms with van der Waals surface area (Å²) >= 11 is 0. The first-order chi connectivity index (χ1) is 8.36. The highest BCUT2D eigenvalue weighted by Crippen LogP contribution is 2.31. The van der Waals surface area contributed by atoms with E-state index in [1.54, 1.807) is 0 Å². The van der Waals surface area contributed by atoms with Gasteiger partial charge in [0.2, 0.25) is 0 Å². The van der Waals surface area contributed by atoms with E-state index < -0.39 is 0 Å². The van der Waals surface area contributed by atoms with Crippen LogP contribution >= 0.6 is 0 Å². The summed E-state index contributed by atoms with van der Waals surface area (Å²) in [6.45, 7) is 2.18. The molecule has 2 heterocycles. The van der Waals surface area contributed by atoms with E-state index in [9.17, 15) is 5.11 Å². The maximum absolute atomic E-state index is 9.38. The summed E-state index contributed by atoms with van der Waals surface area (Å²) in [4.78, 5) is 0. The average molecular weight is 235 g/mol. The van der Waals surface area contributed by atoms with Crippen LogP contribution in [0.2, 0.25) is 0 Å². The van der Waals surface area contributed by atoms with Gasteiger partial charge >= 0.3 is 0 Å². The van der Waals surface area contributed by atoms with Crippen LogP contribution in [0.4, 0.5) is 0 Å². The molecule has 1 unspecified atom stereocenters. The maximum Gasteiger partial charge on any atom is 0.0849 e. The molecule has 0 bridgehead atoms. The van der Waals surface area contributed by atoms with Crippen molar-refractivity contribution in [3.8, 4) is 0 Å². The molecule has 1 aliphatic heterocycles. The quantitative estimate of drug-likeness (QED) is 0.833. The second-order valence-corrected chi connectivity index (χ2v) is 5.35. The van der Waals surface area contributed by atoms with E-state index in [4.69, 9.17) is 0 Å². The second kappa shape index (κ2) is 4.78. The van der Waals surface area contributed by atoms with E-state index in [-0.39, 0.29) is 6.61 Å². The van der Waals surface area contributed by atoms with Gasteiger partial charge < -0.3 is 10.4 Å². The van der Waals surface area contributed by atoms with Crippen LogP contribution in [-0.2, 0) is 13.2 Å². The Bertz CT molecular complexity index is 378. The van der Waals surface area contributed by atoms with E-state index in [1.165, 1.54) is 32.1 Å². The van der Waals surface area contributed by atoms with Crippen LogP contribution in [0.25, 0.3) is 0 Å². The maximum atomic E-state index is 9.38. The number of aromatic nitrogens is 2. The Balaban J connectivity index is 1.76. The molecule has 1 aromatic heterocycles. The molecule has 4 nitrogen and oxygen atoms in total. The lowest BCUT2D eigenvalue weighted by Crippen LogP contribution is -2.27. The topological polar surface area (TPSA) is 50.1 Å². The summed E-state index contributed by atoms with van der Waals surface area (Å²) in [5.41, 5.74) is 2.09. The first kappa shape index (κ1) is 11.2. The van der Waals surface area contributed by atoms with E-state index in [1.807, 2.05) is 4.68 Å². The monoisotopic (exact) mass is 235 g/mol. The van der Waals surface area contributed by atoms with Gasteiger partial charge in [-0.2, -0.15) is 5.10 Å². The van der Waals surface area contributed by atoms with Gasteiger partial charge in [0.1, 0.15) is 0 Å². The minimum absolute atomic E-state index is 0.104. The Morgan fingerprint density at radius 3 is 2.88 bits per heavy atom. The van der Waals surface area contributed by atoms with Gasteiger partial charge in [-0.3, -0.25) is 4.68 Å². The van der Waals surface area contributed by atoms with Crippen LogP contribution in [0.3, 0.4) is 0 Å². The third-order valence-corrected chi connectivity index (χ3v) is 3.84. The third-order valence-electron chi connectivity index (χ3n) is 3.84. The van der Waals surface area contributed by atoms with Gasteiger partial charge in [0.15, 0.2) is 0 Å². The van der Waals surface area contributed by atoms with Crippen molar-refractivity contribution >= 4 is 0 Å². The molecule has 94 valence electrons. The Hall–Kier alpha value is -0.870. The lowest BCUT2D eigenvalue weighted by atomic mass is 10.0. The van der Waals surface area contributed by atoms with E-state index >= 15 is 0 Å². The molecular formula is C13H21N3O. The summed E-state index contributed by atoms with van der Waals surface area (Å²) in [5, 5.41) is 17.6. The zero-order valence-corrected chi connectivity index (χ0v) is 10.2. The third kappa shape index (κ3) is 2.53. The Morgan fingerprint density at radius 1 is 1.35 bits per heavy atom. The molecule has 2 fully saturated rings. The lowest BCUT2D eigenvalue weighted by Gasteiger charge is -2.21. The molecule has 1 aliphatic carbocycles. The fourth-order valence-electron chi connectivity index (χ4n) is 2.58. The van der Waals surface area contributed by atoms with Gasteiger partial charge in [-0.1, -0.05) is 6.42 Å². The van der Waals surface area contributed by atoms with Crippen molar-refractivity contribution in [1.29, 1.82) is 0 Å². The van der Waals surface area contributed by atoms with Crippen LogP contribution in [0.5, 0.6) is 0 Å². The lowest BCUT2D eigenvalue weighted by molar-refractivity contribution is 0.266. The van der Waals surface area contributed by atoms with Crippen LogP contribution in [0.15, 0.2) is 6.07 Å². The smallest absolute Gasteiger partial charge is 0.0849 e. The number of aliphatic hydroxyl groups excluding tert-OH is 1. The Labute approximate surface area is 102 Å². The van der Waals surface area contributed by atoms with Crippen LogP contribution < -0.4 is 5.32 Å². The van der Waals surface area contributed by atoms with Gasteiger partial charge in [0, 0.05) is 6.54 Å². The van der Waals surface area contributed by atoms with Gasteiger partial charge in [-0.05, 0) is 44.2 Å². The van der Waals surface area contributed by atoms with E-state index in [0.717, 1.165) is 30.4 Å². The molecule has 2 N–H and O–H groups in total. The first-order valence-electron chi connectivity index (χ1n) is 6.77. The molecule has 2 aliphatic rings. The zero-order chi connectivity index (χ0) is 11.7. The van der Waals surface area contributed by atoms with E-state index in [2.05, 4.69) is 16.5 Å². The predicted molar refractivity (Wildman–Crippen MR) is 65.5 cm³/mol. The molecule has 3 rings (SSSR count). The highest BCUT2D eigenvalue weighted by atomic mass is 16.3. The minimum Gasteiger partial charge on any atom is -0.390 e. The van der Waals surface area contributed by atoms with Crippen molar-refractivity contribution in [2.24, 2.45) is 5.92 Å². The van der Waals surface area contributed by atoms with Crippen molar-refractivity contribution < 1.29 is 5.11 Å². The van der Waals surface area contributed by atoms with Crippen LogP contribution in [0.1, 0.15) is 49.5 Å². The number of nitrogens with one attached hydrogen (secondary N) is 1. The zero-order valence-electron chi connectivity index (χ0n) is 10.2. The number of rotatable bonds is 4. The summed E-state index contributed by atoms with van der Waals surface area (Å²) in [6, 6.07) is 2.47. The van der Waals surface area contributed by atoms with Crippen molar-refractivity contribution in [3.63, 3.8) is 0 Å². The van der Waals surface area contributed by atoms with Crippen molar-refractivity contribution in [1.82, 2.24) is 15.1 Å². The minimum atomic E-state index is 0.104. The average Bonchev–Trinajstić information content (AvgIpc) is 3.09. The molecular weight excluding hydrogens is 214 g/mol. The highest BCUT2D eigenvalue weighted by Gasteiger charge is 2.25. The number of hydrogen-bond acceptors (Lipinski definition) is 3. The van der Waals surface area contributed by atoms with Gasteiger partial charge in [-0.25, -0.2) is 0 Å². The largest absolute Gasteiger partial charge is 0.390 e. The molecule has 1 aromatic rings. The van der Waals surface area contributed by atoms with Gasteiger partial charge in [-0.15, -0.1) is 0 Å². The first-order valence-corrected chi connectivity index (χ1v) is 6.77. The van der Waals surface area contributed by atoms with E-state index in [0.29, 0.717) is 6.04 Å². The SMILES string of the molecule is OCc1cc(C2CCCCN2)nn1CC1CC1. The Kier molecular flexibility index (Phi) is 3.16. The molecule has 1 atom stereocenters. The number of aliphatic hydroxyl groups is 1. The normalized spacial score (nSPS) is 25.1.